The maximum atomic E-state index is 4.91. The summed E-state index contributed by atoms with van der Waals surface area (Å²) in [5.74, 6) is 0. The zero-order valence-electron chi connectivity index (χ0n) is 6.33. The van der Waals surface area contributed by atoms with E-state index in [0.717, 1.165) is 16.9 Å². The number of fused-ring (bicyclic) bond motifs is 1. The Balaban J connectivity index is 2.86. The molecule has 2 aromatic heterocycles. The lowest BCUT2D eigenvalue weighted by Gasteiger charge is -1.87. The summed E-state index contributed by atoms with van der Waals surface area (Å²) in [6, 6.07) is 0. The predicted molar refractivity (Wildman–Crippen MR) is 39.1 cm³/mol. The summed E-state index contributed by atoms with van der Waals surface area (Å²) in [4.78, 5) is 8.23. The van der Waals surface area contributed by atoms with E-state index in [4.69, 9.17) is 4.52 Å². The Bertz CT molecular complexity index is 393. The van der Waals surface area contributed by atoms with Gasteiger partial charge in [0.05, 0.1) is 5.69 Å². The van der Waals surface area contributed by atoms with Crippen molar-refractivity contribution in [2.45, 2.75) is 13.8 Å². The van der Waals surface area contributed by atoms with Gasteiger partial charge in [-0.1, -0.05) is 5.16 Å². The highest BCUT2D eigenvalue weighted by atomic mass is 16.5. The van der Waals surface area contributed by atoms with Crippen LogP contribution in [0.5, 0.6) is 0 Å². The molecule has 0 unspecified atom stereocenters. The van der Waals surface area contributed by atoms with Gasteiger partial charge in [-0.25, -0.2) is 9.97 Å². The molecule has 0 aliphatic rings. The van der Waals surface area contributed by atoms with Gasteiger partial charge in [-0.15, -0.1) is 0 Å². The molecule has 2 aromatic rings. The van der Waals surface area contributed by atoms with Crippen LogP contribution in [0.4, 0.5) is 0 Å². The quantitative estimate of drug-likeness (QED) is 0.565. The van der Waals surface area contributed by atoms with Crippen LogP contribution in [0, 0.1) is 13.8 Å². The fourth-order valence-corrected chi connectivity index (χ4v) is 0.922. The molecule has 0 fully saturated rings. The average Bonchev–Trinajstić information content (AvgIpc) is 2.32. The van der Waals surface area contributed by atoms with E-state index in [-0.39, 0.29) is 0 Å². The van der Waals surface area contributed by atoms with Crippen molar-refractivity contribution in [1.29, 1.82) is 0 Å². The van der Waals surface area contributed by atoms with Gasteiger partial charge in [-0.05, 0) is 13.8 Å². The second-order valence-corrected chi connectivity index (χ2v) is 2.43. The first-order chi connectivity index (χ1) is 5.27. The highest BCUT2D eigenvalue weighted by molar-refractivity contribution is 5.69. The molecule has 0 atom stereocenters. The number of aryl methyl sites for hydroxylation is 2. The molecule has 2 heterocycles. The first kappa shape index (κ1) is 6.27. The van der Waals surface area contributed by atoms with E-state index in [9.17, 15) is 0 Å². The fourth-order valence-electron chi connectivity index (χ4n) is 0.922. The van der Waals surface area contributed by atoms with Crippen LogP contribution in [-0.4, -0.2) is 15.1 Å². The predicted octanol–water partition coefficient (Wildman–Crippen LogP) is 1.23. The fraction of sp³-hybridized carbons (Fsp3) is 0.286. The molecule has 0 aliphatic carbocycles. The van der Waals surface area contributed by atoms with Crippen molar-refractivity contribution in [2.75, 3.05) is 0 Å². The lowest BCUT2D eigenvalue weighted by atomic mass is 10.4. The lowest BCUT2D eigenvalue weighted by Crippen LogP contribution is -1.83. The Hall–Kier alpha value is -1.45. The van der Waals surface area contributed by atoms with E-state index in [1.165, 1.54) is 0 Å². The Kier molecular flexibility index (Phi) is 1.15. The summed E-state index contributed by atoms with van der Waals surface area (Å²) in [5.41, 5.74) is 2.89. The number of nitrogens with zero attached hydrogens (tertiary/aromatic N) is 3. The van der Waals surface area contributed by atoms with Crippen molar-refractivity contribution in [1.82, 2.24) is 15.1 Å². The van der Waals surface area contributed by atoms with Gasteiger partial charge in [0.15, 0.2) is 5.52 Å². The molecular weight excluding hydrogens is 142 g/mol. The van der Waals surface area contributed by atoms with Crippen LogP contribution >= 0.6 is 0 Å². The topological polar surface area (TPSA) is 51.8 Å². The van der Waals surface area contributed by atoms with Crippen molar-refractivity contribution >= 4 is 11.2 Å². The third kappa shape index (κ3) is 0.869. The van der Waals surface area contributed by atoms with Gasteiger partial charge in [0, 0.05) is 6.20 Å². The largest absolute Gasteiger partial charge is 0.334 e. The third-order valence-electron chi connectivity index (χ3n) is 1.47. The average molecular weight is 149 g/mol. The molecule has 0 saturated heterocycles. The van der Waals surface area contributed by atoms with Crippen molar-refractivity contribution in [3.05, 3.63) is 17.6 Å². The van der Waals surface area contributed by atoms with Crippen LogP contribution in [-0.2, 0) is 0 Å². The monoisotopic (exact) mass is 149 g/mol. The maximum absolute atomic E-state index is 4.91. The summed E-state index contributed by atoms with van der Waals surface area (Å²) < 4.78 is 4.91. The molecule has 0 amide bonds. The van der Waals surface area contributed by atoms with Crippen molar-refractivity contribution in [2.24, 2.45) is 0 Å². The molecule has 0 spiro atoms. The van der Waals surface area contributed by atoms with E-state index in [2.05, 4.69) is 15.1 Å². The van der Waals surface area contributed by atoms with Crippen LogP contribution < -0.4 is 0 Å². The molecule has 11 heavy (non-hydrogen) atoms. The first-order valence-electron chi connectivity index (χ1n) is 3.33. The highest BCUT2D eigenvalue weighted by Gasteiger charge is 2.05. The van der Waals surface area contributed by atoms with E-state index in [1.54, 1.807) is 6.20 Å². The molecule has 0 N–H and O–H groups in total. The minimum absolute atomic E-state index is 0.516. The molecule has 0 bridgehead atoms. The van der Waals surface area contributed by atoms with Crippen molar-refractivity contribution < 1.29 is 4.52 Å². The zero-order chi connectivity index (χ0) is 7.84. The molecule has 0 aromatic carbocycles. The van der Waals surface area contributed by atoms with Crippen LogP contribution in [0.25, 0.3) is 11.2 Å². The van der Waals surface area contributed by atoms with Gasteiger partial charge in [0.25, 0.3) is 5.71 Å². The van der Waals surface area contributed by atoms with Gasteiger partial charge in [-0.3, -0.25) is 0 Å². The van der Waals surface area contributed by atoms with Gasteiger partial charge < -0.3 is 4.52 Å². The SMILES string of the molecule is Cc1cnc2c(C)noc2n1. The molecule has 4 nitrogen and oxygen atoms in total. The maximum Gasteiger partial charge on any atom is 0.276 e. The normalized spacial score (nSPS) is 10.7. The van der Waals surface area contributed by atoms with E-state index >= 15 is 0 Å². The van der Waals surface area contributed by atoms with Gasteiger partial charge >= 0.3 is 0 Å². The molecule has 2 rings (SSSR count). The van der Waals surface area contributed by atoms with Gasteiger partial charge in [-0.2, -0.15) is 0 Å². The van der Waals surface area contributed by atoms with Gasteiger partial charge in [0.1, 0.15) is 5.69 Å². The van der Waals surface area contributed by atoms with E-state index in [0.29, 0.717) is 5.71 Å². The van der Waals surface area contributed by atoms with Gasteiger partial charge in [0.2, 0.25) is 0 Å². The minimum atomic E-state index is 0.516. The third-order valence-corrected chi connectivity index (χ3v) is 1.47. The van der Waals surface area contributed by atoms with E-state index < -0.39 is 0 Å². The summed E-state index contributed by atoms with van der Waals surface area (Å²) in [6.07, 6.45) is 1.70. The Morgan fingerprint density at radius 2 is 2.18 bits per heavy atom. The molecule has 0 saturated carbocycles. The molecule has 0 radical (unpaired) electrons. The number of hydrogen-bond acceptors (Lipinski definition) is 4. The zero-order valence-corrected chi connectivity index (χ0v) is 6.33. The summed E-state index contributed by atoms with van der Waals surface area (Å²) in [6.45, 7) is 3.71. The molecule has 56 valence electrons. The Morgan fingerprint density at radius 3 is 3.00 bits per heavy atom. The number of rotatable bonds is 0. The summed E-state index contributed by atoms with van der Waals surface area (Å²) in [7, 11) is 0. The molecule has 4 heteroatoms. The van der Waals surface area contributed by atoms with Crippen molar-refractivity contribution in [3.63, 3.8) is 0 Å². The Labute approximate surface area is 63.2 Å². The van der Waals surface area contributed by atoms with Crippen LogP contribution in [0.2, 0.25) is 0 Å². The first-order valence-corrected chi connectivity index (χ1v) is 3.33. The Morgan fingerprint density at radius 1 is 1.36 bits per heavy atom. The standard InChI is InChI=1S/C7H7N3O/c1-4-3-8-6-5(2)10-11-7(6)9-4/h3H,1-2H3. The number of aromatic nitrogens is 3. The molecule has 0 aliphatic heterocycles. The van der Waals surface area contributed by atoms with Crippen molar-refractivity contribution in [3.8, 4) is 0 Å². The summed E-state index contributed by atoms with van der Waals surface area (Å²) >= 11 is 0. The van der Waals surface area contributed by atoms with Crippen LogP contribution in [0.1, 0.15) is 11.4 Å². The second-order valence-electron chi connectivity index (χ2n) is 2.43. The number of hydrogen-bond donors (Lipinski definition) is 0. The van der Waals surface area contributed by atoms with E-state index in [1.807, 2.05) is 13.8 Å². The minimum Gasteiger partial charge on any atom is -0.334 e. The lowest BCUT2D eigenvalue weighted by molar-refractivity contribution is 0.442. The second kappa shape index (κ2) is 2.02. The smallest absolute Gasteiger partial charge is 0.276 e. The van der Waals surface area contributed by atoms with Crippen LogP contribution in [0.3, 0.4) is 0 Å². The van der Waals surface area contributed by atoms with Crippen LogP contribution in [0.15, 0.2) is 10.7 Å². The summed E-state index contributed by atoms with van der Waals surface area (Å²) in [5, 5.41) is 3.74. The highest BCUT2D eigenvalue weighted by Crippen LogP contribution is 2.11. The molecular formula is C7H7N3O.